The van der Waals surface area contributed by atoms with Gasteiger partial charge in [-0.3, -0.25) is 0 Å². The van der Waals surface area contributed by atoms with Gasteiger partial charge < -0.3 is 10.8 Å². The fourth-order valence-corrected chi connectivity index (χ4v) is 3.27. The Kier molecular flexibility index (Phi) is 4.89. The zero-order valence-electron chi connectivity index (χ0n) is 10.3. The van der Waals surface area contributed by atoms with Gasteiger partial charge >= 0.3 is 0 Å². The van der Waals surface area contributed by atoms with E-state index in [1.54, 1.807) is 19.1 Å². The molecule has 5 nitrogen and oxygen atoms in total. The topological polar surface area (TPSA) is 83.6 Å². The Hall–Kier alpha value is -1.37. The Morgan fingerprint density at radius 3 is 2.67 bits per heavy atom. The molecule has 18 heavy (non-hydrogen) atoms. The van der Waals surface area contributed by atoms with Crippen LogP contribution in [0.25, 0.3) is 0 Å². The van der Waals surface area contributed by atoms with E-state index >= 15 is 0 Å². The predicted octanol–water partition coefficient (Wildman–Crippen LogP) is 0.746. The van der Waals surface area contributed by atoms with E-state index in [2.05, 4.69) is 6.58 Å². The summed E-state index contributed by atoms with van der Waals surface area (Å²) in [4.78, 5) is 0.201. The highest BCUT2D eigenvalue weighted by molar-refractivity contribution is 7.89. The molecule has 1 rings (SSSR count). The van der Waals surface area contributed by atoms with Gasteiger partial charge in [-0.25, -0.2) is 8.42 Å². The van der Waals surface area contributed by atoms with E-state index in [1.807, 2.05) is 0 Å². The summed E-state index contributed by atoms with van der Waals surface area (Å²) in [5.41, 5.74) is 6.70. The molecule has 0 bridgehead atoms. The molecule has 0 saturated heterocycles. The van der Waals surface area contributed by atoms with Gasteiger partial charge in [0.25, 0.3) is 0 Å². The molecule has 6 heteroatoms. The van der Waals surface area contributed by atoms with Crippen LogP contribution >= 0.6 is 0 Å². The highest BCUT2D eigenvalue weighted by Gasteiger charge is 2.24. The second kappa shape index (κ2) is 5.99. The first-order valence-corrected chi connectivity index (χ1v) is 6.95. The molecule has 0 aliphatic heterocycles. The maximum Gasteiger partial charge on any atom is 0.243 e. The van der Waals surface area contributed by atoms with Crippen LogP contribution < -0.4 is 5.73 Å². The number of benzene rings is 1. The van der Waals surface area contributed by atoms with Gasteiger partial charge in [0.1, 0.15) is 0 Å². The van der Waals surface area contributed by atoms with Crippen molar-refractivity contribution in [3.05, 3.63) is 36.4 Å². The summed E-state index contributed by atoms with van der Waals surface area (Å²) in [5.74, 6) is 0. The minimum atomic E-state index is -3.63. The maximum atomic E-state index is 12.4. The lowest BCUT2D eigenvalue weighted by molar-refractivity contribution is 0.260. The molecule has 0 fully saturated rings. The second-order valence-corrected chi connectivity index (χ2v) is 5.81. The Bertz CT molecular complexity index is 526. The molecule has 0 spiro atoms. The van der Waals surface area contributed by atoms with Crippen molar-refractivity contribution in [2.24, 2.45) is 0 Å². The zero-order chi connectivity index (χ0) is 13.8. The molecular weight excluding hydrogens is 252 g/mol. The number of anilines is 1. The van der Waals surface area contributed by atoms with Crippen LogP contribution in [0.2, 0.25) is 0 Å². The summed E-state index contributed by atoms with van der Waals surface area (Å²) in [5, 5.41) is 8.93. The van der Waals surface area contributed by atoms with Gasteiger partial charge in [0.15, 0.2) is 0 Å². The molecule has 100 valence electrons. The van der Waals surface area contributed by atoms with Crippen molar-refractivity contribution in [2.75, 3.05) is 25.4 Å². The molecule has 0 aliphatic carbocycles. The van der Waals surface area contributed by atoms with Crippen molar-refractivity contribution in [2.45, 2.75) is 11.8 Å². The third-order valence-electron chi connectivity index (χ3n) is 2.50. The van der Waals surface area contributed by atoms with Crippen molar-refractivity contribution < 1.29 is 13.5 Å². The highest BCUT2D eigenvalue weighted by Crippen LogP contribution is 2.21. The Morgan fingerprint density at radius 2 is 2.17 bits per heavy atom. The first-order chi connectivity index (χ1) is 8.43. The van der Waals surface area contributed by atoms with Crippen LogP contribution in [0.4, 0.5) is 5.69 Å². The van der Waals surface area contributed by atoms with Crippen molar-refractivity contribution >= 4 is 15.7 Å². The normalized spacial score (nSPS) is 11.7. The molecule has 1 aromatic carbocycles. The highest BCUT2D eigenvalue weighted by atomic mass is 32.2. The summed E-state index contributed by atoms with van der Waals surface area (Å²) < 4.78 is 25.9. The third-order valence-corrected chi connectivity index (χ3v) is 4.52. The zero-order valence-corrected chi connectivity index (χ0v) is 11.2. The van der Waals surface area contributed by atoms with Crippen molar-refractivity contribution in [3.63, 3.8) is 0 Å². The van der Waals surface area contributed by atoms with Crippen LogP contribution in [-0.2, 0) is 10.0 Å². The van der Waals surface area contributed by atoms with Crippen LogP contribution in [0.1, 0.15) is 5.56 Å². The van der Waals surface area contributed by atoms with Gasteiger partial charge in [-0.2, -0.15) is 4.31 Å². The lowest BCUT2D eigenvalue weighted by Crippen LogP contribution is -2.34. The third kappa shape index (κ3) is 3.10. The smallest absolute Gasteiger partial charge is 0.243 e. The van der Waals surface area contributed by atoms with Crippen molar-refractivity contribution in [3.8, 4) is 0 Å². The Balaban J connectivity index is 3.21. The van der Waals surface area contributed by atoms with E-state index < -0.39 is 10.0 Å². The van der Waals surface area contributed by atoms with E-state index in [9.17, 15) is 8.42 Å². The van der Waals surface area contributed by atoms with Crippen LogP contribution in [-0.4, -0.2) is 37.5 Å². The van der Waals surface area contributed by atoms with E-state index in [0.717, 1.165) is 0 Å². The molecule has 1 aromatic rings. The summed E-state index contributed by atoms with van der Waals surface area (Å²) >= 11 is 0. The van der Waals surface area contributed by atoms with Gasteiger partial charge in [-0.05, 0) is 30.7 Å². The number of aryl methyl sites for hydroxylation is 1. The van der Waals surface area contributed by atoms with Gasteiger partial charge in [0, 0.05) is 18.8 Å². The minimum absolute atomic E-state index is 0.0399. The summed E-state index contributed by atoms with van der Waals surface area (Å²) in [6.07, 6.45) is 1.49. The number of hydrogen-bond donors (Lipinski definition) is 2. The lowest BCUT2D eigenvalue weighted by Gasteiger charge is -2.20. The van der Waals surface area contributed by atoms with Crippen LogP contribution in [0, 0.1) is 6.92 Å². The predicted molar refractivity (Wildman–Crippen MR) is 71.6 cm³/mol. The molecular formula is C12H18N2O3S. The van der Waals surface area contributed by atoms with Gasteiger partial charge in [-0.15, -0.1) is 6.58 Å². The molecule has 0 saturated carbocycles. The maximum absolute atomic E-state index is 12.4. The molecule has 0 atom stereocenters. The Labute approximate surface area is 108 Å². The number of hydrogen-bond acceptors (Lipinski definition) is 4. The number of aliphatic hydroxyl groups excluding tert-OH is 1. The molecule has 0 aliphatic rings. The number of rotatable bonds is 6. The van der Waals surface area contributed by atoms with Crippen LogP contribution in [0.15, 0.2) is 35.7 Å². The average molecular weight is 270 g/mol. The molecule has 0 unspecified atom stereocenters. The number of nitrogens with two attached hydrogens (primary N) is 1. The molecule has 0 radical (unpaired) electrons. The van der Waals surface area contributed by atoms with E-state index in [0.29, 0.717) is 11.3 Å². The van der Waals surface area contributed by atoms with Crippen molar-refractivity contribution in [1.82, 2.24) is 4.31 Å². The minimum Gasteiger partial charge on any atom is -0.399 e. The second-order valence-electron chi connectivity index (χ2n) is 3.90. The van der Waals surface area contributed by atoms with Crippen LogP contribution in [0.3, 0.4) is 0 Å². The van der Waals surface area contributed by atoms with E-state index in [1.165, 1.54) is 16.4 Å². The average Bonchev–Trinajstić information content (AvgIpc) is 2.28. The fraction of sp³-hybridized carbons (Fsp3) is 0.333. The number of sulfonamides is 1. The quantitative estimate of drug-likeness (QED) is 0.590. The van der Waals surface area contributed by atoms with Crippen LogP contribution in [0.5, 0.6) is 0 Å². The fourth-order valence-electron chi connectivity index (χ4n) is 1.67. The standard InChI is InChI=1S/C12H18N2O3S/c1-3-6-14(7-8-15)18(16,17)12-5-4-11(13)9-10(12)2/h3-5,9,15H,1,6-8,13H2,2H3. The van der Waals surface area contributed by atoms with Gasteiger partial charge in [0.2, 0.25) is 10.0 Å². The first-order valence-electron chi connectivity index (χ1n) is 5.51. The molecule has 0 heterocycles. The number of nitrogens with zero attached hydrogens (tertiary/aromatic N) is 1. The molecule has 0 aromatic heterocycles. The van der Waals surface area contributed by atoms with E-state index in [4.69, 9.17) is 10.8 Å². The van der Waals surface area contributed by atoms with Gasteiger partial charge in [-0.1, -0.05) is 6.08 Å². The number of aliphatic hydroxyl groups is 1. The summed E-state index contributed by atoms with van der Waals surface area (Å²) in [6.45, 7) is 5.17. The number of nitrogen functional groups attached to an aromatic ring is 1. The SMILES string of the molecule is C=CCN(CCO)S(=O)(=O)c1ccc(N)cc1C. The molecule has 0 amide bonds. The first kappa shape index (κ1) is 14.7. The Morgan fingerprint density at radius 1 is 1.50 bits per heavy atom. The molecule has 3 N–H and O–H groups in total. The van der Waals surface area contributed by atoms with Gasteiger partial charge in [0.05, 0.1) is 11.5 Å². The monoisotopic (exact) mass is 270 g/mol. The lowest BCUT2D eigenvalue weighted by atomic mass is 10.2. The van der Waals surface area contributed by atoms with E-state index in [-0.39, 0.29) is 24.6 Å². The largest absolute Gasteiger partial charge is 0.399 e. The summed E-state index contributed by atoms with van der Waals surface area (Å²) in [6, 6.07) is 4.64. The summed E-state index contributed by atoms with van der Waals surface area (Å²) in [7, 11) is -3.63. The van der Waals surface area contributed by atoms with Crippen molar-refractivity contribution in [1.29, 1.82) is 0 Å².